The molecule has 3 atom stereocenters. The molecule has 0 bridgehead atoms. The fourth-order valence-corrected chi connectivity index (χ4v) is 2.49. The molecule has 1 fully saturated rings. The lowest BCUT2D eigenvalue weighted by atomic mass is 9.83. The Morgan fingerprint density at radius 3 is 2.69 bits per heavy atom. The maximum Gasteiger partial charge on any atom is 0.0596 e. The van der Waals surface area contributed by atoms with Crippen LogP contribution in [-0.2, 0) is 4.74 Å². The summed E-state index contributed by atoms with van der Waals surface area (Å²) >= 11 is 0. The summed E-state index contributed by atoms with van der Waals surface area (Å²) in [6.07, 6.45) is 3.23. The van der Waals surface area contributed by atoms with Gasteiger partial charge < -0.3 is 14.7 Å². The second-order valence-electron chi connectivity index (χ2n) is 5.41. The van der Waals surface area contributed by atoms with E-state index in [9.17, 15) is 5.11 Å². The molecule has 0 aromatic heterocycles. The number of hydrogen-bond donors (Lipinski definition) is 1. The van der Waals surface area contributed by atoms with E-state index in [-0.39, 0.29) is 6.10 Å². The van der Waals surface area contributed by atoms with Gasteiger partial charge in [-0.3, -0.25) is 0 Å². The molecule has 1 N–H and O–H groups in total. The number of likely N-dealkylation sites (N-methyl/N-ethyl adjacent to an activating group) is 1. The molecule has 0 aromatic carbocycles. The summed E-state index contributed by atoms with van der Waals surface area (Å²) in [5, 5.41) is 9.70. The van der Waals surface area contributed by atoms with Crippen LogP contribution < -0.4 is 0 Å². The van der Waals surface area contributed by atoms with E-state index in [0.717, 1.165) is 32.4 Å². The maximum absolute atomic E-state index is 9.70. The van der Waals surface area contributed by atoms with E-state index in [1.54, 1.807) is 0 Å². The van der Waals surface area contributed by atoms with Gasteiger partial charge in [0.25, 0.3) is 0 Å². The lowest BCUT2D eigenvalue weighted by Crippen LogP contribution is -2.44. The second-order valence-corrected chi connectivity index (χ2v) is 5.41. The first kappa shape index (κ1) is 13.9. The molecule has 1 rings (SSSR count). The van der Waals surface area contributed by atoms with E-state index >= 15 is 0 Å². The van der Waals surface area contributed by atoms with Crippen molar-refractivity contribution in [3.05, 3.63) is 0 Å². The van der Waals surface area contributed by atoms with E-state index in [2.05, 4.69) is 32.7 Å². The summed E-state index contributed by atoms with van der Waals surface area (Å²) in [7, 11) is 2.14. The average Bonchev–Trinajstić information content (AvgIpc) is 2.21. The number of aliphatic hydroxyl groups is 1. The summed E-state index contributed by atoms with van der Waals surface area (Å²) in [5.74, 6) is 0.687. The Balaban J connectivity index is 2.30. The van der Waals surface area contributed by atoms with Gasteiger partial charge in [-0.2, -0.15) is 0 Å². The summed E-state index contributed by atoms with van der Waals surface area (Å²) in [4.78, 5) is 2.34. The molecular formula is C13H27NO2. The fourth-order valence-electron chi connectivity index (χ4n) is 2.49. The highest BCUT2D eigenvalue weighted by Crippen LogP contribution is 2.27. The Kier molecular flexibility index (Phi) is 5.73. The highest BCUT2D eigenvalue weighted by Gasteiger charge is 2.29. The van der Waals surface area contributed by atoms with Crippen molar-refractivity contribution in [2.45, 2.75) is 58.3 Å². The molecule has 1 aliphatic carbocycles. The molecule has 0 radical (unpaired) electrons. The lowest BCUT2D eigenvalue weighted by Gasteiger charge is -2.38. The van der Waals surface area contributed by atoms with Crippen LogP contribution in [0.5, 0.6) is 0 Å². The molecule has 96 valence electrons. The molecule has 0 aliphatic heterocycles. The van der Waals surface area contributed by atoms with Gasteiger partial charge in [0, 0.05) is 12.6 Å². The molecular weight excluding hydrogens is 202 g/mol. The normalized spacial score (nSPS) is 31.3. The van der Waals surface area contributed by atoms with Crippen LogP contribution in [0.1, 0.15) is 40.0 Å². The van der Waals surface area contributed by atoms with Gasteiger partial charge in [0.15, 0.2) is 0 Å². The van der Waals surface area contributed by atoms with Gasteiger partial charge in [-0.25, -0.2) is 0 Å². The van der Waals surface area contributed by atoms with Crippen molar-refractivity contribution in [3.63, 3.8) is 0 Å². The van der Waals surface area contributed by atoms with Crippen LogP contribution in [0.3, 0.4) is 0 Å². The van der Waals surface area contributed by atoms with E-state index < -0.39 is 0 Å². The number of ether oxygens (including phenoxy) is 1. The van der Waals surface area contributed by atoms with Crippen molar-refractivity contribution in [1.82, 2.24) is 4.90 Å². The highest BCUT2D eigenvalue weighted by molar-refractivity contribution is 4.83. The number of nitrogens with zero attached hydrogens (tertiary/aromatic N) is 1. The molecule has 3 heteroatoms. The van der Waals surface area contributed by atoms with Crippen LogP contribution in [-0.4, -0.2) is 48.5 Å². The van der Waals surface area contributed by atoms with Crippen molar-refractivity contribution in [1.29, 1.82) is 0 Å². The Morgan fingerprint density at radius 2 is 2.06 bits per heavy atom. The number of rotatable bonds is 5. The molecule has 3 nitrogen and oxygen atoms in total. The molecule has 1 aliphatic rings. The van der Waals surface area contributed by atoms with Crippen LogP contribution in [0.2, 0.25) is 0 Å². The molecule has 0 heterocycles. The van der Waals surface area contributed by atoms with Crippen LogP contribution >= 0.6 is 0 Å². The highest BCUT2D eigenvalue weighted by atomic mass is 16.5. The summed E-state index contributed by atoms with van der Waals surface area (Å²) in [5.41, 5.74) is 0. The summed E-state index contributed by atoms with van der Waals surface area (Å²) < 4.78 is 5.56. The minimum atomic E-state index is -0.102. The van der Waals surface area contributed by atoms with E-state index in [0.29, 0.717) is 18.1 Å². The van der Waals surface area contributed by atoms with Crippen molar-refractivity contribution >= 4 is 0 Å². The maximum atomic E-state index is 9.70. The standard InChI is InChI=1S/C13H27NO2/c1-10(2)16-8-7-14(4)13-9-12(15)6-5-11(13)3/h10-13,15H,5-9H2,1-4H3. The molecule has 0 aromatic rings. The third kappa shape index (κ3) is 4.40. The van der Waals surface area contributed by atoms with Gasteiger partial charge in [0.2, 0.25) is 0 Å². The lowest BCUT2D eigenvalue weighted by molar-refractivity contribution is 0.0161. The van der Waals surface area contributed by atoms with Gasteiger partial charge in [-0.1, -0.05) is 6.92 Å². The van der Waals surface area contributed by atoms with Crippen molar-refractivity contribution in [2.24, 2.45) is 5.92 Å². The summed E-state index contributed by atoms with van der Waals surface area (Å²) in [6, 6.07) is 0.513. The van der Waals surface area contributed by atoms with Gasteiger partial charge in [-0.15, -0.1) is 0 Å². The molecule has 16 heavy (non-hydrogen) atoms. The van der Waals surface area contributed by atoms with Crippen molar-refractivity contribution < 1.29 is 9.84 Å². The van der Waals surface area contributed by atoms with E-state index in [4.69, 9.17) is 4.74 Å². The van der Waals surface area contributed by atoms with Crippen molar-refractivity contribution in [3.8, 4) is 0 Å². The minimum absolute atomic E-state index is 0.102. The van der Waals surface area contributed by atoms with E-state index in [1.807, 2.05) is 0 Å². The molecule has 3 unspecified atom stereocenters. The van der Waals surface area contributed by atoms with Crippen LogP contribution in [0.4, 0.5) is 0 Å². The SMILES string of the molecule is CC(C)OCCN(C)C1CC(O)CCC1C. The first-order chi connectivity index (χ1) is 7.50. The Labute approximate surface area is 99.8 Å². The van der Waals surface area contributed by atoms with Crippen LogP contribution in [0, 0.1) is 5.92 Å². The fraction of sp³-hybridized carbons (Fsp3) is 1.00. The molecule has 0 spiro atoms. The Hall–Kier alpha value is -0.120. The zero-order valence-electron chi connectivity index (χ0n) is 11.1. The van der Waals surface area contributed by atoms with E-state index in [1.165, 1.54) is 0 Å². The first-order valence-electron chi connectivity index (χ1n) is 6.50. The monoisotopic (exact) mass is 229 g/mol. The predicted octanol–water partition coefficient (Wildman–Crippen LogP) is 1.89. The minimum Gasteiger partial charge on any atom is -0.393 e. The van der Waals surface area contributed by atoms with Gasteiger partial charge >= 0.3 is 0 Å². The topological polar surface area (TPSA) is 32.7 Å². The molecule has 0 saturated heterocycles. The van der Waals surface area contributed by atoms with Gasteiger partial charge in [0.1, 0.15) is 0 Å². The van der Waals surface area contributed by atoms with Gasteiger partial charge in [0.05, 0.1) is 18.8 Å². The van der Waals surface area contributed by atoms with Crippen LogP contribution in [0.25, 0.3) is 0 Å². The van der Waals surface area contributed by atoms with Gasteiger partial charge in [-0.05, 0) is 46.1 Å². The third-order valence-electron chi connectivity index (χ3n) is 3.59. The Morgan fingerprint density at radius 1 is 1.38 bits per heavy atom. The van der Waals surface area contributed by atoms with Crippen molar-refractivity contribution in [2.75, 3.05) is 20.2 Å². The third-order valence-corrected chi connectivity index (χ3v) is 3.59. The molecule has 1 saturated carbocycles. The van der Waals surface area contributed by atoms with Crippen LogP contribution in [0.15, 0.2) is 0 Å². The zero-order valence-corrected chi connectivity index (χ0v) is 11.1. The largest absolute Gasteiger partial charge is 0.393 e. The molecule has 0 amide bonds. The predicted molar refractivity (Wildman–Crippen MR) is 66.5 cm³/mol. The summed E-state index contributed by atoms with van der Waals surface area (Å²) in [6.45, 7) is 8.16. The first-order valence-corrected chi connectivity index (χ1v) is 6.50. The number of hydrogen-bond acceptors (Lipinski definition) is 3. The average molecular weight is 229 g/mol. The Bertz CT molecular complexity index is 196. The quantitative estimate of drug-likeness (QED) is 0.781. The number of aliphatic hydroxyl groups excluding tert-OH is 1. The second kappa shape index (κ2) is 6.58. The zero-order chi connectivity index (χ0) is 12.1. The smallest absolute Gasteiger partial charge is 0.0596 e.